The van der Waals surface area contributed by atoms with E-state index in [1.807, 2.05) is 13.8 Å². The lowest BCUT2D eigenvalue weighted by Gasteiger charge is -2.10. The summed E-state index contributed by atoms with van der Waals surface area (Å²) in [6.45, 7) is 4.15. The number of carboxylic acids is 1. The summed E-state index contributed by atoms with van der Waals surface area (Å²) in [4.78, 5) is 26.0. The Morgan fingerprint density at radius 3 is 2.68 bits per heavy atom. The van der Waals surface area contributed by atoms with Crippen LogP contribution in [-0.2, 0) is 4.79 Å². The number of carbonyl (C=O) groups excluding carboxylic acids is 1. The van der Waals surface area contributed by atoms with E-state index in [4.69, 9.17) is 10.8 Å². The molecule has 1 rings (SSSR count). The fourth-order valence-corrected chi connectivity index (χ4v) is 1.44. The zero-order valence-electron chi connectivity index (χ0n) is 10.9. The van der Waals surface area contributed by atoms with Crippen LogP contribution in [0, 0.1) is 0 Å². The number of hydrogen-bond acceptors (Lipinski definition) is 5. The van der Waals surface area contributed by atoms with Crippen molar-refractivity contribution in [2.45, 2.75) is 26.3 Å². The van der Waals surface area contributed by atoms with Crippen LogP contribution < -0.4 is 16.4 Å². The zero-order valence-corrected chi connectivity index (χ0v) is 10.9. The molecule has 0 unspecified atom stereocenters. The van der Waals surface area contributed by atoms with Gasteiger partial charge < -0.3 is 21.5 Å². The highest BCUT2D eigenvalue weighted by Gasteiger charge is 2.08. The molecule has 0 radical (unpaired) electrons. The molecule has 0 aromatic carbocycles. The summed E-state index contributed by atoms with van der Waals surface area (Å²) in [6, 6.07) is 1.43. The van der Waals surface area contributed by atoms with E-state index in [1.165, 1.54) is 12.3 Å². The second kappa shape index (κ2) is 6.58. The van der Waals surface area contributed by atoms with Crippen LogP contribution in [0.4, 0.5) is 11.5 Å². The van der Waals surface area contributed by atoms with Crippen LogP contribution in [0.1, 0.15) is 30.6 Å². The highest BCUT2D eigenvalue weighted by atomic mass is 16.4. The number of aromatic nitrogens is 1. The minimum Gasteiger partial charge on any atom is -0.478 e. The third kappa shape index (κ3) is 4.82. The van der Waals surface area contributed by atoms with Gasteiger partial charge in [0, 0.05) is 25.2 Å². The lowest BCUT2D eigenvalue weighted by atomic mass is 10.2. The second-order valence-corrected chi connectivity index (χ2v) is 4.37. The van der Waals surface area contributed by atoms with Gasteiger partial charge in [0.2, 0.25) is 5.91 Å². The van der Waals surface area contributed by atoms with Crippen molar-refractivity contribution in [2.24, 2.45) is 0 Å². The summed E-state index contributed by atoms with van der Waals surface area (Å²) in [7, 11) is 0. The Morgan fingerprint density at radius 2 is 2.16 bits per heavy atom. The van der Waals surface area contributed by atoms with Crippen molar-refractivity contribution in [3.05, 3.63) is 17.8 Å². The largest absolute Gasteiger partial charge is 0.478 e. The van der Waals surface area contributed by atoms with Crippen molar-refractivity contribution in [3.63, 3.8) is 0 Å². The summed E-state index contributed by atoms with van der Waals surface area (Å²) in [5.41, 5.74) is 5.94. The Kier molecular flexibility index (Phi) is 5.11. The van der Waals surface area contributed by atoms with E-state index in [0.717, 1.165) is 0 Å². The Morgan fingerprint density at radius 1 is 1.47 bits per heavy atom. The van der Waals surface area contributed by atoms with Crippen LogP contribution in [0.3, 0.4) is 0 Å². The van der Waals surface area contributed by atoms with Gasteiger partial charge in [-0.2, -0.15) is 0 Å². The Hall–Kier alpha value is -2.31. The monoisotopic (exact) mass is 266 g/mol. The van der Waals surface area contributed by atoms with Gasteiger partial charge in [0.25, 0.3) is 0 Å². The topological polar surface area (TPSA) is 117 Å². The highest BCUT2D eigenvalue weighted by Crippen LogP contribution is 2.16. The van der Waals surface area contributed by atoms with Crippen molar-refractivity contribution in [3.8, 4) is 0 Å². The Balaban J connectivity index is 2.50. The first-order chi connectivity index (χ1) is 8.90. The van der Waals surface area contributed by atoms with Crippen LogP contribution in [0.25, 0.3) is 0 Å². The number of carboxylic acid groups (broad SMARTS) is 1. The fourth-order valence-electron chi connectivity index (χ4n) is 1.44. The van der Waals surface area contributed by atoms with Gasteiger partial charge in [-0.1, -0.05) is 0 Å². The van der Waals surface area contributed by atoms with Crippen LogP contribution in [0.5, 0.6) is 0 Å². The number of anilines is 2. The number of pyridine rings is 1. The first-order valence-corrected chi connectivity index (χ1v) is 5.92. The molecule has 5 N–H and O–H groups in total. The van der Waals surface area contributed by atoms with Gasteiger partial charge in [0.1, 0.15) is 5.82 Å². The van der Waals surface area contributed by atoms with Crippen molar-refractivity contribution in [1.82, 2.24) is 10.3 Å². The normalized spacial score (nSPS) is 10.3. The molecule has 1 heterocycles. The summed E-state index contributed by atoms with van der Waals surface area (Å²) in [6.07, 6.45) is 1.51. The molecule has 104 valence electrons. The van der Waals surface area contributed by atoms with E-state index in [2.05, 4.69) is 15.6 Å². The Labute approximate surface area is 111 Å². The van der Waals surface area contributed by atoms with Gasteiger partial charge in [-0.3, -0.25) is 4.79 Å². The first-order valence-electron chi connectivity index (χ1n) is 5.92. The molecule has 7 heteroatoms. The van der Waals surface area contributed by atoms with E-state index >= 15 is 0 Å². The maximum Gasteiger partial charge on any atom is 0.337 e. The molecule has 0 spiro atoms. The minimum absolute atomic E-state index is 0.0283. The Bertz CT molecular complexity index is 474. The van der Waals surface area contributed by atoms with Crippen LogP contribution >= 0.6 is 0 Å². The SMILES string of the molecule is CC(C)NC(=O)CCNc1ncc(C(=O)O)cc1N. The van der Waals surface area contributed by atoms with Gasteiger partial charge in [-0.15, -0.1) is 0 Å². The van der Waals surface area contributed by atoms with Crippen LogP contribution in [0.2, 0.25) is 0 Å². The van der Waals surface area contributed by atoms with E-state index in [1.54, 1.807) is 0 Å². The number of nitrogens with zero attached hydrogens (tertiary/aromatic N) is 1. The number of nitrogen functional groups attached to an aromatic ring is 1. The van der Waals surface area contributed by atoms with Crippen molar-refractivity contribution in [1.29, 1.82) is 0 Å². The average molecular weight is 266 g/mol. The predicted octanol–water partition coefficient (Wildman–Crippen LogP) is 0.689. The van der Waals surface area contributed by atoms with Crippen molar-refractivity contribution < 1.29 is 14.7 Å². The van der Waals surface area contributed by atoms with Crippen LogP contribution in [-0.4, -0.2) is 34.6 Å². The maximum absolute atomic E-state index is 11.4. The van der Waals surface area contributed by atoms with Gasteiger partial charge in [-0.25, -0.2) is 9.78 Å². The van der Waals surface area contributed by atoms with E-state index in [9.17, 15) is 9.59 Å². The quantitative estimate of drug-likeness (QED) is 0.601. The molecular weight excluding hydrogens is 248 g/mol. The number of nitrogens with one attached hydrogen (secondary N) is 2. The summed E-state index contributed by atoms with van der Waals surface area (Å²) in [5.74, 6) is -0.771. The molecule has 0 aliphatic carbocycles. The van der Waals surface area contributed by atoms with Gasteiger partial charge >= 0.3 is 5.97 Å². The second-order valence-electron chi connectivity index (χ2n) is 4.37. The number of nitrogens with two attached hydrogens (primary N) is 1. The number of amides is 1. The molecule has 0 atom stereocenters. The molecule has 7 nitrogen and oxygen atoms in total. The van der Waals surface area contributed by atoms with E-state index in [0.29, 0.717) is 18.8 Å². The van der Waals surface area contributed by atoms with Crippen molar-refractivity contribution in [2.75, 3.05) is 17.6 Å². The minimum atomic E-state index is -1.08. The number of carbonyl (C=O) groups is 2. The average Bonchev–Trinajstić information content (AvgIpc) is 2.29. The summed E-state index contributed by atoms with van der Waals surface area (Å²) < 4.78 is 0. The zero-order chi connectivity index (χ0) is 14.4. The first kappa shape index (κ1) is 14.7. The molecule has 1 aromatic heterocycles. The molecule has 19 heavy (non-hydrogen) atoms. The van der Waals surface area contributed by atoms with Crippen LogP contribution in [0.15, 0.2) is 12.3 Å². The number of aromatic carboxylic acids is 1. The standard InChI is InChI=1S/C12H18N4O3/c1-7(2)16-10(17)3-4-14-11-9(13)5-8(6-15-11)12(18)19/h5-7H,3-4,13H2,1-2H3,(H,14,15)(H,16,17)(H,18,19). The predicted molar refractivity (Wildman–Crippen MR) is 72.0 cm³/mol. The maximum atomic E-state index is 11.4. The lowest BCUT2D eigenvalue weighted by molar-refractivity contribution is -0.121. The molecule has 0 saturated carbocycles. The smallest absolute Gasteiger partial charge is 0.337 e. The van der Waals surface area contributed by atoms with E-state index in [-0.39, 0.29) is 23.2 Å². The molecule has 1 amide bonds. The molecule has 0 aliphatic rings. The fraction of sp³-hybridized carbons (Fsp3) is 0.417. The molecular formula is C12H18N4O3. The van der Waals surface area contributed by atoms with Gasteiger partial charge in [0.15, 0.2) is 0 Å². The molecule has 0 fully saturated rings. The summed E-state index contributed by atoms with van der Waals surface area (Å²) in [5, 5.41) is 14.4. The molecule has 0 aliphatic heterocycles. The lowest BCUT2D eigenvalue weighted by Crippen LogP contribution is -2.31. The third-order valence-electron chi connectivity index (χ3n) is 2.26. The molecule has 0 bridgehead atoms. The summed E-state index contributed by atoms with van der Waals surface area (Å²) >= 11 is 0. The molecule has 0 saturated heterocycles. The van der Waals surface area contributed by atoms with Gasteiger partial charge in [-0.05, 0) is 19.9 Å². The number of rotatable bonds is 6. The third-order valence-corrected chi connectivity index (χ3v) is 2.26. The number of hydrogen-bond donors (Lipinski definition) is 4. The van der Waals surface area contributed by atoms with Crippen molar-refractivity contribution >= 4 is 23.4 Å². The highest BCUT2D eigenvalue weighted by molar-refractivity contribution is 5.89. The van der Waals surface area contributed by atoms with E-state index < -0.39 is 5.97 Å². The van der Waals surface area contributed by atoms with Gasteiger partial charge in [0.05, 0.1) is 11.3 Å². The molecule has 1 aromatic rings.